The molecule has 0 amide bonds. The van der Waals surface area contributed by atoms with Gasteiger partial charge in [0.05, 0.1) is 0 Å². The van der Waals surface area contributed by atoms with Crippen LogP contribution in [0.4, 0.5) is 0 Å². The van der Waals surface area contributed by atoms with Gasteiger partial charge in [-0.05, 0) is 40.6 Å². The van der Waals surface area contributed by atoms with E-state index >= 15 is 0 Å². The lowest BCUT2D eigenvalue weighted by molar-refractivity contribution is -0.136. The lowest BCUT2D eigenvalue weighted by Crippen LogP contribution is -2.00. The zero-order chi connectivity index (χ0) is 10.4. The highest BCUT2D eigenvalue weighted by molar-refractivity contribution is 14.1. The number of para-hydroxylation sites is 1. The van der Waals surface area contributed by atoms with E-state index in [-0.39, 0.29) is 6.42 Å². The molecule has 0 radical (unpaired) electrons. The number of aryl methyl sites for hydroxylation is 1. The summed E-state index contributed by atoms with van der Waals surface area (Å²) >= 11 is 2.11. The smallest absolute Gasteiger partial charge is 0.303 e. The molecule has 0 aromatic heterocycles. The van der Waals surface area contributed by atoms with Crippen molar-refractivity contribution in [1.82, 2.24) is 0 Å². The molecule has 1 aromatic rings. The number of alkyl halides is 1. The van der Waals surface area contributed by atoms with Gasteiger partial charge in [0, 0.05) is 6.42 Å². The lowest BCUT2D eigenvalue weighted by atomic mass is 10.1. The Morgan fingerprint density at radius 3 is 2.79 bits per heavy atom. The van der Waals surface area contributed by atoms with Crippen LogP contribution in [0, 0.1) is 0 Å². The second kappa shape index (κ2) is 5.85. The van der Waals surface area contributed by atoms with Crippen molar-refractivity contribution in [3.8, 4) is 5.75 Å². The van der Waals surface area contributed by atoms with Crippen molar-refractivity contribution in [2.45, 2.75) is 12.8 Å². The molecule has 0 spiro atoms. The third-order valence-electron chi connectivity index (χ3n) is 1.79. The number of hydrogen-bond donors (Lipinski definition) is 1. The predicted molar refractivity (Wildman–Crippen MR) is 61.9 cm³/mol. The van der Waals surface area contributed by atoms with Gasteiger partial charge in [-0.2, -0.15) is 0 Å². The summed E-state index contributed by atoms with van der Waals surface area (Å²) in [5.74, 6) is -0.00238. The van der Waals surface area contributed by atoms with Crippen LogP contribution >= 0.6 is 22.6 Å². The van der Waals surface area contributed by atoms with Crippen LogP contribution in [0.3, 0.4) is 0 Å². The van der Waals surface area contributed by atoms with Gasteiger partial charge < -0.3 is 9.84 Å². The highest BCUT2D eigenvalue weighted by Crippen LogP contribution is 2.19. The van der Waals surface area contributed by atoms with E-state index < -0.39 is 5.97 Å². The number of carbonyl (C=O) groups is 1. The molecule has 0 atom stereocenters. The number of halogens is 1. The van der Waals surface area contributed by atoms with Crippen LogP contribution in [-0.2, 0) is 11.2 Å². The average Bonchev–Trinajstić information content (AvgIpc) is 2.17. The molecule has 14 heavy (non-hydrogen) atoms. The topological polar surface area (TPSA) is 46.5 Å². The van der Waals surface area contributed by atoms with Crippen LogP contribution in [0.2, 0.25) is 0 Å². The minimum atomic E-state index is -0.783. The fourth-order valence-corrected chi connectivity index (χ4v) is 1.49. The molecular formula is C10H11IO3. The summed E-state index contributed by atoms with van der Waals surface area (Å²) in [5, 5.41) is 8.55. The van der Waals surface area contributed by atoms with Crippen LogP contribution in [0.25, 0.3) is 0 Å². The van der Waals surface area contributed by atoms with E-state index in [0.29, 0.717) is 11.0 Å². The summed E-state index contributed by atoms with van der Waals surface area (Å²) in [6, 6.07) is 7.52. The Morgan fingerprint density at radius 1 is 1.43 bits per heavy atom. The van der Waals surface area contributed by atoms with Crippen LogP contribution in [-0.4, -0.2) is 15.7 Å². The molecule has 0 unspecified atom stereocenters. The van der Waals surface area contributed by atoms with Gasteiger partial charge in [-0.25, -0.2) is 0 Å². The molecule has 0 bridgehead atoms. The van der Waals surface area contributed by atoms with Crippen molar-refractivity contribution in [3.05, 3.63) is 29.8 Å². The molecular weight excluding hydrogens is 295 g/mol. The van der Waals surface area contributed by atoms with Crippen molar-refractivity contribution in [2.24, 2.45) is 0 Å². The zero-order valence-electron chi connectivity index (χ0n) is 7.57. The van der Waals surface area contributed by atoms with Crippen LogP contribution < -0.4 is 4.74 Å². The molecule has 1 rings (SSSR count). The van der Waals surface area contributed by atoms with Crippen molar-refractivity contribution in [3.63, 3.8) is 0 Å². The highest BCUT2D eigenvalue weighted by Gasteiger charge is 2.04. The quantitative estimate of drug-likeness (QED) is 0.671. The summed E-state index contributed by atoms with van der Waals surface area (Å²) in [4.78, 5) is 10.4. The number of carboxylic acid groups (broad SMARTS) is 1. The first-order valence-electron chi connectivity index (χ1n) is 4.22. The highest BCUT2D eigenvalue weighted by atomic mass is 127. The summed E-state index contributed by atoms with van der Waals surface area (Å²) in [6.45, 7) is 0. The number of aliphatic carboxylic acids is 1. The molecule has 0 heterocycles. The van der Waals surface area contributed by atoms with E-state index in [9.17, 15) is 4.79 Å². The van der Waals surface area contributed by atoms with Crippen LogP contribution in [0.1, 0.15) is 12.0 Å². The molecule has 0 fully saturated rings. The Bertz CT molecular complexity index is 312. The minimum Gasteiger partial charge on any atom is -0.483 e. The van der Waals surface area contributed by atoms with Crippen LogP contribution in [0.5, 0.6) is 5.75 Å². The van der Waals surface area contributed by atoms with Gasteiger partial charge in [0.2, 0.25) is 0 Å². The van der Waals surface area contributed by atoms with Gasteiger partial charge in [-0.15, -0.1) is 0 Å². The molecule has 1 N–H and O–H groups in total. The number of ether oxygens (including phenoxy) is 1. The molecule has 0 aliphatic heterocycles. The molecule has 0 aliphatic carbocycles. The van der Waals surface area contributed by atoms with Gasteiger partial charge in [-0.1, -0.05) is 18.2 Å². The van der Waals surface area contributed by atoms with E-state index in [1.165, 1.54) is 0 Å². The minimum absolute atomic E-state index is 0.140. The summed E-state index contributed by atoms with van der Waals surface area (Å²) in [5.41, 5.74) is 0.951. The second-order valence-corrected chi connectivity index (χ2v) is 3.38. The first kappa shape index (κ1) is 11.3. The van der Waals surface area contributed by atoms with Gasteiger partial charge >= 0.3 is 5.97 Å². The maximum Gasteiger partial charge on any atom is 0.303 e. The molecule has 76 valence electrons. The zero-order valence-corrected chi connectivity index (χ0v) is 9.73. The Labute approximate surface area is 96.2 Å². The number of benzene rings is 1. The predicted octanol–water partition coefficient (Wildman–Crippen LogP) is 2.48. The van der Waals surface area contributed by atoms with E-state index in [2.05, 4.69) is 22.6 Å². The van der Waals surface area contributed by atoms with Crippen LogP contribution in [0.15, 0.2) is 24.3 Å². The molecule has 1 aromatic carbocycles. The maximum atomic E-state index is 10.4. The molecule has 3 nitrogen and oxygen atoms in total. The maximum absolute atomic E-state index is 10.4. The van der Waals surface area contributed by atoms with E-state index in [1.54, 1.807) is 0 Å². The van der Waals surface area contributed by atoms with Gasteiger partial charge in [0.25, 0.3) is 0 Å². The third kappa shape index (κ3) is 3.53. The summed E-state index contributed by atoms with van der Waals surface area (Å²) < 4.78 is 5.93. The Kier molecular flexibility index (Phi) is 4.72. The van der Waals surface area contributed by atoms with Gasteiger partial charge in [-0.3, -0.25) is 4.79 Å². The van der Waals surface area contributed by atoms with Gasteiger partial charge in [0.1, 0.15) is 10.4 Å². The third-order valence-corrected chi connectivity index (χ3v) is 2.10. The van der Waals surface area contributed by atoms with Crippen molar-refractivity contribution in [1.29, 1.82) is 0 Å². The molecule has 0 aliphatic rings. The normalized spacial score (nSPS) is 9.79. The number of carboxylic acids is 1. The summed E-state index contributed by atoms with van der Waals surface area (Å²) in [7, 11) is 0. The monoisotopic (exact) mass is 306 g/mol. The molecule has 4 heteroatoms. The standard InChI is InChI=1S/C10H11IO3/c11-7-14-9-4-2-1-3-8(9)5-6-10(12)13/h1-4H,5-7H2,(H,12,13). The van der Waals surface area contributed by atoms with Crippen molar-refractivity contribution in [2.75, 3.05) is 4.61 Å². The van der Waals surface area contributed by atoms with Crippen molar-refractivity contribution < 1.29 is 14.6 Å². The fraction of sp³-hybridized carbons (Fsp3) is 0.300. The fourth-order valence-electron chi connectivity index (χ4n) is 1.15. The Morgan fingerprint density at radius 2 is 2.14 bits per heavy atom. The van der Waals surface area contributed by atoms with Gasteiger partial charge in [0.15, 0.2) is 0 Å². The SMILES string of the molecule is O=C(O)CCc1ccccc1OCI. The Hall–Kier alpha value is -0.780. The second-order valence-electron chi connectivity index (χ2n) is 2.75. The first-order valence-corrected chi connectivity index (χ1v) is 5.75. The lowest BCUT2D eigenvalue weighted by Gasteiger charge is -2.07. The Balaban J connectivity index is 2.68. The molecule has 0 saturated carbocycles. The largest absolute Gasteiger partial charge is 0.483 e. The van der Waals surface area contributed by atoms with E-state index in [1.807, 2.05) is 24.3 Å². The number of hydrogen-bond acceptors (Lipinski definition) is 2. The van der Waals surface area contributed by atoms with Crippen molar-refractivity contribution >= 4 is 28.6 Å². The van der Waals surface area contributed by atoms with E-state index in [0.717, 1.165) is 11.3 Å². The first-order chi connectivity index (χ1) is 6.74. The number of rotatable bonds is 5. The average molecular weight is 306 g/mol. The molecule has 0 saturated heterocycles. The van der Waals surface area contributed by atoms with E-state index in [4.69, 9.17) is 9.84 Å². The summed E-state index contributed by atoms with van der Waals surface area (Å²) in [6.07, 6.45) is 0.657.